The zero-order valence-corrected chi connectivity index (χ0v) is 13.0. The van der Waals surface area contributed by atoms with Crippen molar-refractivity contribution in [3.63, 3.8) is 0 Å². The molecule has 2 aliphatic rings. The van der Waals surface area contributed by atoms with Gasteiger partial charge in [-0.2, -0.15) is 5.10 Å². The third-order valence-corrected chi connectivity index (χ3v) is 3.70. The predicted molar refractivity (Wildman–Crippen MR) is 87.7 cm³/mol. The lowest BCUT2D eigenvalue weighted by molar-refractivity contribution is 0.114. The van der Waals surface area contributed by atoms with Gasteiger partial charge in [-0.15, -0.1) is 0 Å². The zero-order chi connectivity index (χ0) is 15.2. The lowest BCUT2D eigenvalue weighted by atomic mass is 10.2. The summed E-state index contributed by atoms with van der Waals surface area (Å²) in [6, 6.07) is 5.69. The van der Waals surface area contributed by atoms with E-state index in [4.69, 9.17) is 26.4 Å². The number of benzene rings is 1. The van der Waals surface area contributed by atoms with Crippen LogP contribution in [-0.4, -0.2) is 43.8 Å². The SMILES string of the molecule is S=C(NCC1CCCO1)N/N=C/c1ccc2c(c1)OCCO2. The van der Waals surface area contributed by atoms with Crippen LogP contribution in [0.25, 0.3) is 0 Å². The molecule has 0 bridgehead atoms. The summed E-state index contributed by atoms with van der Waals surface area (Å²) in [5.41, 5.74) is 3.71. The first kappa shape index (κ1) is 15.1. The van der Waals surface area contributed by atoms with Crippen molar-refractivity contribution in [1.82, 2.24) is 10.7 Å². The molecular formula is C15H19N3O3S. The topological polar surface area (TPSA) is 64.1 Å². The fourth-order valence-corrected chi connectivity index (χ4v) is 2.49. The quantitative estimate of drug-likeness (QED) is 0.497. The number of thiocarbonyl (C=S) groups is 1. The Morgan fingerprint density at radius 2 is 2.14 bits per heavy atom. The molecule has 118 valence electrons. The number of fused-ring (bicyclic) bond motifs is 1. The lowest BCUT2D eigenvalue weighted by Crippen LogP contribution is -2.37. The number of hydrogen-bond acceptors (Lipinski definition) is 5. The largest absolute Gasteiger partial charge is 0.486 e. The van der Waals surface area contributed by atoms with Crippen molar-refractivity contribution in [2.45, 2.75) is 18.9 Å². The summed E-state index contributed by atoms with van der Waals surface area (Å²) in [5.74, 6) is 1.51. The smallest absolute Gasteiger partial charge is 0.187 e. The van der Waals surface area contributed by atoms with E-state index < -0.39 is 0 Å². The van der Waals surface area contributed by atoms with Crippen molar-refractivity contribution < 1.29 is 14.2 Å². The summed E-state index contributed by atoms with van der Waals surface area (Å²) >= 11 is 5.17. The molecule has 1 saturated heterocycles. The molecule has 1 unspecified atom stereocenters. The Labute approximate surface area is 134 Å². The molecule has 0 aromatic heterocycles. The van der Waals surface area contributed by atoms with E-state index in [1.165, 1.54) is 0 Å². The lowest BCUT2D eigenvalue weighted by Gasteiger charge is -2.18. The summed E-state index contributed by atoms with van der Waals surface area (Å²) in [4.78, 5) is 0. The zero-order valence-electron chi connectivity index (χ0n) is 12.2. The van der Waals surface area contributed by atoms with Crippen LogP contribution in [0.1, 0.15) is 18.4 Å². The van der Waals surface area contributed by atoms with Crippen molar-refractivity contribution in [2.24, 2.45) is 5.10 Å². The van der Waals surface area contributed by atoms with Crippen LogP contribution in [0.5, 0.6) is 11.5 Å². The second kappa shape index (κ2) is 7.42. The standard InChI is InChI=1S/C15H19N3O3S/c22-15(16-10-12-2-1-5-19-12)18-17-9-11-3-4-13-14(8-11)21-7-6-20-13/h3-4,8-9,12H,1-2,5-7,10H2,(H2,16,18,22)/b17-9+. The summed E-state index contributed by atoms with van der Waals surface area (Å²) in [6.45, 7) is 2.72. The Kier molecular flexibility index (Phi) is 5.07. The van der Waals surface area contributed by atoms with Crippen LogP contribution >= 0.6 is 12.2 Å². The molecule has 6 nitrogen and oxygen atoms in total. The van der Waals surface area contributed by atoms with Crippen LogP contribution in [0.15, 0.2) is 23.3 Å². The van der Waals surface area contributed by atoms with Gasteiger partial charge in [-0.05, 0) is 48.8 Å². The minimum Gasteiger partial charge on any atom is -0.486 e. The van der Waals surface area contributed by atoms with Gasteiger partial charge < -0.3 is 19.5 Å². The minimum atomic E-state index is 0.251. The Bertz CT molecular complexity index is 559. The molecule has 0 radical (unpaired) electrons. The molecule has 2 heterocycles. The fraction of sp³-hybridized carbons (Fsp3) is 0.467. The van der Waals surface area contributed by atoms with Gasteiger partial charge in [0.15, 0.2) is 16.6 Å². The molecule has 1 aromatic carbocycles. The Morgan fingerprint density at radius 3 is 2.95 bits per heavy atom. The van der Waals surface area contributed by atoms with Crippen molar-refractivity contribution in [1.29, 1.82) is 0 Å². The van der Waals surface area contributed by atoms with Crippen molar-refractivity contribution in [3.8, 4) is 11.5 Å². The van der Waals surface area contributed by atoms with E-state index in [-0.39, 0.29) is 6.10 Å². The van der Waals surface area contributed by atoms with Gasteiger partial charge in [0, 0.05) is 13.2 Å². The van der Waals surface area contributed by atoms with E-state index >= 15 is 0 Å². The minimum absolute atomic E-state index is 0.251. The average Bonchev–Trinajstić information content (AvgIpc) is 3.06. The van der Waals surface area contributed by atoms with Gasteiger partial charge >= 0.3 is 0 Å². The normalized spacial score (nSPS) is 20.1. The van der Waals surface area contributed by atoms with E-state index in [1.807, 2.05) is 18.2 Å². The number of hydrogen-bond donors (Lipinski definition) is 2. The third kappa shape index (κ3) is 4.08. The number of rotatable bonds is 4. The summed E-state index contributed by atoms with van der Waals surface area (Å²) < 4.78 is 16.5. The fourth-order valence-electron chi connectivity index (χ4n) is 2.36. The molecule has 0 amide bonds. The molecule has 2 N–H and O–H groups in total. The van der Waals surface area contributed by atoms with E-state index in [1.54, 1.807) is 6.21 Å². The molecule has 0 spiro atoms. The monoisotopic (exact) mass is 321 g/mol. The van der Waals surface area contributed by atoms with Crippen LogP contribution in [0.3, 0.4) is 0 Å². The average molecular weight is 321 g/mol. The van der Waals surface area contributed by atoms with Crippen molar-refractivity contribution in [3.05, 3.63) is 23.8 Å². The van der Waals surface area contributed by atoms with Crippen LogP contribution in [0.2, 0.25) is 0 Å². The second-order valence-corrected chi connectivity index (χ2v) is 5.53. The maximum absolute atomic E-state index is 5.53. The Morgan fingerprint density at radius 1 is 1.27 bits per heavy atom. The van der Waals surface area contributed by atoms with Gasteiger partial charge in [0.25, 0.3) is 0 Å². The third-order valence-electron chi connectivity index (χ3n) is 3.46. The van der Waals surface area contributed by atoms with Gasteiger partial charge in [-0.3, -0.25) is 5.43 Å². The highest BCUT2D eigenvalue weighted by Crippen LogP contribution is 2.30. The molecule has 3 rings (SSSR count). The maximum atomic E-state index is 5.53. The van der Waals surface area contributed by atoms with Gasteiger partial charge in [0.1, 0.15) is 13.2 Å². The Hall–Kier alpha value is -1.86. The summed E-state index contributed by atoms with van der Waals surface area (Å²) in [5, 5.41) is 7.71. The molecular weight excluding hydrogens is 302 g/mol. The number of nitrogens with zero attached hydrogens (tertiary/aromatic N) is 1. The molecule has 0 aliphatic carbocycles. The predicted octanol–water partition coefficient (Wildman–Crippen LogP) is 1.43. The molecule has 0 saturated carbocycles. The molecule has 1 aromatic rings. The molecule has 22 heavy (non-hydrogen) atoms. The Balaban J connectivity index is 1.46. The van der Waals surface area contributed by atoms with Crippen molar-refractivity contribution >= 4 is 23.5 Å². The summed E-state index contributed by atoms with van der Waals surface area (Å²) in [7, 11) is 0. The van der Waals surface area contributed by atoms with Crippen LogP contribution in [0.4, 0.5) is 0 Å². The van der Waals surface area contributed by atoms with Gasteiger partial charge in [-0.1, -0.05) is 0 Å². The highest BCUT2D eigenvalue weighted by Gasteiger charge is 2.15. The van der Waals surface area contributed by atoms with Gasteiger partial charge in [0.05, 0.1) is 12.3 Å². The van der Waals surface area contributed by atoms with E-state index in [0.29, 0.717) is 24.9 Å². The summed E-state index contributed by atoms with van der Waals surface area (Å²) in [6.07, 6.45) is 4.14. The first-order valence-corrected chi connectivity index (χ1v) is 7.80. The molecule has 1 atom stereocenters. The van der Waals surface area contributed by atoms with Crippen LogP contribution in [0, 0.1) is 0 Å². The first-order valence-electron chi connectivity index (χ1n) is 7.39. The number of hydrazone groups is 1. The van der Waals surface area contributed by atoms with E-state index in [9.17, 15) is 0 Å². The molecule has 2 aliphatic heterocycles. The molecule has 1 fully saturated rings. The van der Waals surface area contributed by atoms with Crippen LogP contribution in [-0.2, 0) is 4.74 Å². The first-order chi connectivity index (χ1) is 10.8. The van der Waals surface area contributed by atoms with Crippen LogP contribution < -0.4 is 20.2 Å². The highest BCUT2D eigenvalue weighted by atomic mass is 32.1. The van der Waals surface area contributed by atoms with E-state index in [2.05, 4.69) is 15.8 Å². The van der Waals surface area contributed by atoms with E-state index in [0.717, 1.165) is 36.5 Å². The highest BCUT2D eigenvalue weighted by molar-refractivity contribution is 7.80. The number of ether oxygens (including phenoxy) is 3. The van der Waals surface area contributed by atoms with Gasteiger partial charge in [0.2, 0.25) is 0 Å². The molecule has 7 heteroatoms. The van der Waals surface area contributed by atoms with Gasteiger partial charge in [-0.25, -0.2) is 0 Å². The second-order valence-electron chi connectivity index (χ2n) is 5.12. The maximum Gasteiger partial charge on any atom is 0.187 e. The number of nitrogens with one attached hydrogen (secondary N) is 2. The van der Waals surface area contributed by atoms with Crippen molar-refractivity contribution in [2.75, 3.05) is 26.4 Å².